The Morgan fingerprint density at radius 3 is 1.21 bits per heavy atom. The second-order valence-corrected chi connectivity index (χ2v) is 15.0. The zero-order valence-electron chi connectivity index (χ0n) is 33.0. The number of para-hydroxylation sites is 1. The van der Waals surface area contributed by atoms with Crippen LogP contribution in [0.25, 0.3) is 112 Å². The highest BCUT2D eigenvalue weighted by molar-refractivity contribution is 6.09. The molecule has 3 heterocycles. The molecule has 0 aliphatic rings. The number of hydrogen-bond acceptors (Lipinski definition) is 5. The Morgan fingerprint density at radius 2 is 0.656 bits per heavy atom. The van der Waals surface area contributed by atoms with Crippen molar-refractivity contribution in [3.8, 4) is 90.1 Å². The van der Waals surface area contributed by atoms with Crippen molar-refractivity contribution >= 4 is 21.9 Å². The molecule has 0 unspecified atom stereocenters. The summed E-state index contributed by atoms with van der Waals surface area (Å²) in [4.78, 5) is 20.3. The number of fused-ring (bicyclic) bond motifs is 3. The van der Waals surface area contributed by atoms with Gasteiger partial charge < -0.3 is 4.42 Å². The van der Waals surface area contributed by atoms with Crippen molar-refractivity contribution in [2.45, 2.75) is 0 Å². The van der Waals surface area contributed by atoms with E-state index >= 15 is 0 Å². The highest BCUT2D eigenvalue weighted by Crippen LogP contribution is 2.41. The predicted molar refractivity (Wildman–Crippen MR) is 248 cm³/mol. The first kappa shape index (κ1) is 35.8. The maximum atomic E-state index is 6.49. The molecule has 3 aromatic heterocycles. The van der Waals surface area contributed by atoms with Crippen LogP contribution in [-0.4, -0.2) is 19.9 Å². The highest BCUT2D eigenvalue weighted by atomic mass is 16.3. The van der Waals surface area contributed by atoms with Crippen molar-refractivity contribution in [1.29, 1.82) is 0 Å². The van der Waals surface area contributed by atoms with Crippen molar-refractivity contribution in [2.75, 3.05) is 0 Å². The van der Waals surface area contributed by atoms with Crippen LogP contribution in [0.3, 0.4) is 0 Å². The van der Waals surface area contributed by atoms with Gasteiger partial charge in [0.05, 0.1) is 22.8 Å². The number of aromatic nitrogens is 4. The monoisotopic (exact) mass is 780 g/mol. The zero-order valence-corrected chi connectivity index (χ0v) is 33.0. The van der Waals surface area contributed by atoms with Crippen molar-refractivity contribution in [3.63, 3.8) is 0 Å². The molecule has 0 saturated carbocycles. The molecule has 11 rings (SSSR count). The minimum absolute atomic E-state index is 0.683. The molecule has 286 valence electrons. The first-order valence-electron chi connectivity index (χ1n) is 20.4. The Labute approximate surface area is 353 Å². The van der Waals surface area contributed by atoms with Crippen LogP contribution in [-0.2, 0) is 0 Å². The van der Waals surface area contributed by atoms with Gasteiger partial charge >= 0.3 is 0 Å². The summed E-state index contributed by atoms with van der Waals surface area (Å²) < 4.78 is 6.49. The summed E-state index contributed by atoms with van der Waals surface area (Å²) in [6.07, 6.45) is 0. The molecule has 0 bridgehead atoms. The summed E-state index contributed by atoms with van der Waals surface area (Å²) in [5.74, 6) is 1.37. The number of hydrogen-bond donors (Lipinski definition) is 0. The molecule has 0 atom stereocenters. The third-order valence-corrected chi connectivity index (χ3v) is 11.1. The van der Waals surface area contributed by atoms with Gasteiger partial charge in [0.15, 0.2) is 11.6 Å². The van der Waals surface area contributed by atoms with E-state index in [1.807, 2.05) is 84.9 Å². The fraction of sp³-hybridized carbons (Fsp3) is 0. The van der Waals surface area contributed by atoms with E-state index in [4.69, 9.17) is 24.4 Å². The Hall–Kier alpha value is -8.28. The largest absolute Gasteiger partial charge is 0.456 e. The summed E-state index contributed by atoms with van der Waals surface area (Å²) >= 11 is 0. The van der Waals surface area contributed by atoms with Gasteiger partial charge in [-0.3, -0.25) is 0 Å². The second kappa shape index (κ2) is 15.5. The molecular formula is C56H36N4O. The average molecular weight is 781 g/mol. The summed E-state index contributed by atoms with van der Waals surface area (Å²) in [5, 5.41) is 2.16. The van der Waals surface area contributed by atoms with Gasteiger partial charge in [-0.25, -0.2) is 19.9 Å². The number of rotatable bonds is 8. The Bertz CT molecular complexity index is 3210. The minimum atomic E-state index is 0.683. The van der Waals surface area contributed by atoms with Gasteiger partial charge in [0.1, 0.15) is 11.2 Å². The molecule has 0 spiro atoms. The van der Waals surface area contributed by atoms with Crippen molar-refractivity contribution in [1.82, 2.24) is 19.9 Å². The maximum absolute atomic E-state index is 6.49. The van der Waals surface area contributed by atoms with E-state index in [1.54, 1.807) is 0 Å². The molecule has 0 N–H and O–H groups in total. The van der Waals surface area contributed by atoms with Crippen LogP contribution in [0.1, 0.15) is 0 Å². The summed E-state index contributed by atoms with van der Waals surface area (Å²) in [6.45, 7) is 0. The van der Waals surface area contributed by atoms with Crippen LogP contribution in [0.4, 0.5) is 0 Å². The lowest BCUT2D eigenvalue weighted by Crippen LogP contribution is -1.96. The maximum Gasteiger partial charge on any atom is 0.160 e. The van der Waals surface area contributed by atoms with E-state index < -0.39 is 0 Å². The molecule has 0 amide bonds. The molecule has 5 nitrogen and oxygen atoms in total. The van der Waals surface area contributed by atoms with Gasteiger partial charge in [-0.05, 0) is 58.7 Å². The Balaban J connectivity index is 1.04. The van der Waals surface area contributed by atoms with Crippen LogP contribution >= 0.6 is 0 Å². The van der Waals surface area contributed by atoms with Crippen LogP contribution in [0.2, 0.25) is 0 Å². The minimum Gasteiger partial charge on any atom is -0.456 e. The molecule has 0 aliphatic heterocycles. The molecule has 61 heavy (non-hydrogen) atoms. The topological polar surface area (TPSA) is 64.7 Å². The predicted octanol–water partition coefficient (Wildman–Crippen LogP) is 14.5. The first-order chi connectivity index (χ1) is 30.2. The van der Waals surface area contributed by atoms with E-state index in [-0.39, 0.29) is 0 Å². The summed E-state index contributed by atoms with van der Waals surface area (Å²) in [7, 11) is 0. The van der Waals surface area contributed by atoms with Crippen molar-refractivity contribution in [2.24, 2.45) is 0 Å². The van der Waals surface area contributed by atoms with Gasteiger partial charge in [0.25, 0.3) is 0 Å². The molecule has 8 aromatic carbocycles. The lowest BCUT2D eigenvalue weighted by atomic mass is 9.91. The number of nitrogens with zero attached hydrogens (tertiary/aromatic N) is 4. The Kier molecular flexibility index (Phi) is 9.10. The quantitative estimate of drug-likeness (QED) is 0.154. The number of benzene rings is 8. The van der Waals surface area contributed by atoms with E-state index in [0.29, 0.717) is 11.6 Å². The Morgan fingerprint density at radius 1 is 0.246 bits per heavy atom. The van der Waals surface area contributed by atoms with E-state index in [2.05, 4.69) is 133 Å². The van der Waals surface area contributed by atoms with E-state index in [9.17, 15) is 0 Å². The van der Waals surface area contributed by atoms with E-state index in [1.165, 1.54) is 0 Å². The molecule has 0 saturated heterocycles. The average Bonchev–Trinajstić information content (AvgIpc) is 3.72. The van der Waals surface area contributed by atoms with Gasteiger partial charge in [-0.15, -0.1) is 0 Å². The van der Waals surface area contributed by atoms with E-state index in [0.717, 1.165) is 100 Å². The SMILES string of the molecule is c1ccc(-c2cc(-c3ccc(-c4cc5c(cc4-c4cccc(-c6cc(-c7ccccc7)nc(-c7ccccc7)n6)c4)oc4ccccc45)cc3)nc(-c3ccccc3)n2)cc1. The molecular weight excluding hydrogens is 745 g/mol. The molecule has 11 aromatic rings. The fourth-order valence-electron chi connectivity index (χ4n) is 8.05. The van der Waals surface area contributed by atoms with Gasteiger partial charge in [0, 0.05) is 44.2 Å². The summed E-state index contributed by atoms with van der Waals surface area (Å²) in [5.41, 5.74) is 15.5. The normalized spacial score (nSPS) is 11.3. The smallest absolute Gasteiger partial charge is 0.160 e. The van der Waals surface area contributed by atoms with Gasteiger partial charge in [-0.1, -0.05) is 182 Å². The first-order valence-corrected chi connectivity index (χ1v) is 20.4. The third-order valence-electron chi connectivity index (χ3n) is 11.1. The van der Waals surface area contributed by atoms with Crippen LogP contribution in [0.5, 0.6) is 0 Å². The third kappa shape index (κ3) is 7.04. The molecule has 5 heteroatoms. The van der Waals surface area contributed by atoms with Gasteiger partial charge in [-0.2, -0.15) is 0 Å². The number of furan rings is 1. The van der Waals surface area contributed by atoms with Crippen LogP contribution in [0.15, 0.2) is 223 Å². The second-order valence-electron chi connectivity index (χ2n) is 15.0. The van der Waals surface area contributed by atoms with Crippen molar-refractivity contribution in [3.05, 3.63) is 218 Å². The summed E-state index contributed by atoms with van der Waals surface area (Å²) in [6, 6.07) is 75.1. The molecule has 0 radical (unpaired) electrons. The van der Waals surface area contributed by atoms with Gasteiger partial charge in [0.2, 0.25) is 0 Å². The zero-order chi connectivity index (χ0) is 40.5. The fourth-order valence-corrected chi connectivity index (χ4v) is 8.05. The van der Waals surface area contributed by atoms with Crippen molar-refractivity contribution < 1.29 is 4.42 Å². The standard InChI is InChI=1S/C56H36N4O/c1-5-16-38(17-6-1)49-35-51(59-55(57-49)41-20-9-3-10-21-41)40-30-28-37(29-31-40)46-33-48-45-26-13-14-27-53(45)61-54(48)34-47(46)43-24-15-25-44(32-43)52-36-50(39-18-7-2-8-19-39)58-56(60-52)42-22-11-4-12-23-42/h1-36H. The van der Waals surface area contributed by atoms with Crippen LogP contribution < -0.4 is 0 Å². The molecule has 0 aliphatic carbocycles. The molecule has 0 fully saturated rings. The lowest BCUT2D eigenvalue weighted by Gasteiger charge is -2.14. The lowest BCUT2D eigenvalue weighted by molar-refractivity contribution is 0.669. The van der Waals surface area contributed by atoms with Crippen LogP contribution in [0, 0.1) is 0 Å². The highest BCUT2D eigenvalue weighted by Gasteiger charge is 2.18.